The lowest BCUT2D eigenvalue weighted by molar-refractivity contribution is -0.137. The molecule has 3 aromatic heterocycles. The molecule has 7 rings (SSSR count). The molecule has 2 aromatic carbocycles. The van der Waals surface area contributed by atoms with E-state index in [9.17, 15) is 29.1 Å². The molecule has 90 heavy (non-hydrogen) atoms. The number of carbonyl (C=O) groups excluding carboxylic acids is 4. The molecular weight excluding hydrogens is 1160 g/mol. The number of aromatic nitrogens is 5. The first-order chi connectivity index (χ1) is 44.1. The first-order valence-corrected chi connectivity index (χ1v) is 31.4. The van der Waals surface area contributed by atoms with Crippen molar-refractivity contribution in [1.82, 2.24) is 46.4 Å². The van der Waals surface area contributed by atoms with E-state index in [-0.39, 0.29) is 49.7 Å². The van der Waals surface area contributed by atoms with Gasteiger partial charge in [0.15, 0.2) is 0 Å². The van der Waals surface area contributed by atoms with Gasteiger partial charge in [-0.15, -0.1) is 5.10 Å². The number of pyridine rings is 1. The molecule has 2 fully saturated rings. The van der Waals surface area contributed by atoms with E-state index in [4.69, 9.17) is 47.2 Å². The zero-order chi connectivity index (χ0) is 63.2. The molecule has 26 heteroatoms. The number of hydrogen-bond acceptors (Lipinski definition) is 20. The van der Waals surface area contributed by atoms with Gasteiger partial charge in [0.05, 0.1) is 118 Å². The first-order valence-electron chi connectivity index (χ1n) is 31.4. The lowest BCUT2D eigenvalue weighted by atomic mass is 9.82. The number of nitrogens with one attached hydrogen (secondary N) is 5. The number of anilines is 1. The number of carboxylic acid groups (broad SMARTS) is 1. The number of hydrogen-bond donors (Lipinski definition) is 6. The Balaban J connectivity index is 0.648. The molecule has 2 saturated carbocycles. The van der Waals surface area contributed by atoms with Gasteiger partial charge in [-0.05, 0) is 92.0 Å². The molecule has 0 spiro atoms. The van der Waals surface area contributed by atoms with Crippen molar-refractivity contribution in [3.8, 4) is 17.2 Å². The average molecular weight is 1260 g/mol. The Labute approximate surface area is 525 Å². The predicted molar refractivity (Wildman–Crippen MR) is 329 cm³/mol. The van der Waals surface area contributed by atoms with E-state index in [0.29, 0.717) is 134 Å². The second-order valence-corrected chi connectivity index (χ2v) is 22.1. The third-order valence-electron chi connectivity index (χ3n) is 15.3. The molecule has 3 heterocycles. The monoisotopic (exact) mass is 1250 g/mol. The summed E-state index contributed by atoms with van der Waals surface area (Å²) in [7, 11) is 1.61. The SMILES string of the molecule is COc1ccnc(NCCCOc2ccc(C[C@@H](CC(=O)O)NC(=O)c3ccc(OCc4cn(CCOCCOCCOCCOCCOCCOCCNC(=O)[C@@H](NC(=O)[C@H](CC5CCCCC5)NC(=O)c5ccno5)C5CCCCC5)nn4)cc3)cc2)c1. The number of methoxy groups -OCH3 is 1. The standard InChI is InChI=1S/C64H90N10O16/c1-81-55-21-24-66-58(44-55)65-23-8-28-88-53-17-13-48(14-18-53)41-51(43-59(75)76)69-61(77)50-15-19-54(20-16-50)89-46-52-45-74(73-72-52)27-30-83-32-34-85-36-38-87-40-39-86-37-35-84-33-31-82-29-26-67-64(80)60(49-11-6-3-7-12-49)71-62(78)56(42-47-9-4-2-5-10-47)70-63(79)57-22-25-68-90-57/h13-22,24-25,44-45,47,49,51,56,60H,2-12,23,26-43,46H2,1H3,(H,65,66)(H,67,80)(H,69,77)(H,70,79)(H,71,78)(H,75,76)/t51-,56-,60-/m0/s1. The first kappa shape index (κ1) is 69.7. The highest BCUT2D eigenvalue weighted by Crippen LogP contribution is 2.30. The summed E-state index contributed by atoms with van der Waals surface area (Å²) < 4.78 is 57.5. The fourth-order valence-electron chi connectivity index (χ4n) is 10.5. The minimum absolute atomic E-state index is 0.000484. The van der Waals surface area contributed by atoms with Crippen molar-refractivity contribution >= 4 is 35.4 Å². The number of benzene rings is 2. The van der Waals surface area contributed by atoms with Crippen LogP contribution in [0, 0.1) is 11.8 Å². The number of carboxylic acids is 1. The van der Waals surface area contributed by atoms with E-state index in [1.54, 1.807) is 54.5 Å². The summed E-state index contributed by atoms with van der Waals surface area (Å²) in [6.07, 6.45) is 16.3. The Morgan fingerprint density at radius 3 is 1.92 bits per heavy atom. The topological polar surface area (TPSA) is 318 Å². The molecule has 5 aromatic rings. The Morgan fingerprint density at radius 2 is 1.28 bits per heavy atom. The Kier molecular flexibility index (Phi) is 31.6. The molecule has 4 amide bonds. The van der Waals surface area contributed by atoms with E-state index < -0.39 is 35.9 Å². The zero-order valence-corrected chi connectivity index (χ0v) is 51.7. The third-order valence-corrected chi connectivity index (χ3v) is 15.3. The van der Waals surface area contributed by atoms with E-state index in [2.05, 4.69) is 47.0 Å². The Morgan fingerprint density at radius 1 is 0.644 bits per heavy atom. The van der Waals surface area contributed by atoms with Gasteiger partial charge in [0.25, 0.3) is 11.8 Å². The maximum Gasteiger partial charge on any atom is 0.305 e. The van der Waals surface area contributed by atoms with Crippen LogP contribution in [0.15, 0.2) is 89.8 Å². The van der Waals surface area contributed by atoms with Crippen LogP contribution >= 0.6 is 0 Å². The highest BCUT2D eigenvalue weighted by molar-refractivity contribution is 5.97. The van der Waals surface area contributed by atoms with Crippen LogP contribution < -0.4 is 40.8 Å². The maximum absolute atomic E-state index is 13.8. The summed E-state index contributed by atoms with van der Waals surface area (Å²) in [5, 5.41) is 36.5. The normalized spacial score (nSPS) is 14.6. The number of carbonyl (C=O) groups is 5. The van der Waals surface area contributed by atoms with Gasteiger partial charge < -0.3 is 78.8 Å². The molecule has 2 aliphatic carbocycles. The smallest absolute Gasteiger partial charge is 0.305 e. The van der Waals surface area contributed by atoms with Gasteiger partial charge in [-0.1, -0.05) is 73.9 Å². The van der Waals surface area contributed by atoms with Crippen molar-refractivity contribution in [3.05, 3.63) is 108 Å². The van der Waals surface area contributed by atoms with E-state index in [0.717, 1.165) is 81.3 Å². The number of amides is 4. The molecule has 492 valence electrons. The van der Waals surface area contributed by atoms with Gasteiger partial charge in [0.1, 0.15) is 47.5 Å². The van der Waals surface area contributed by atoms with E-state index in [1.165, 1.54) is 18.7 Å². The molecule has 6 N–H and O–H groups in total. The number of rotatable bonds is 45. The maximum atomic E-state index is 13.8. The van der Waals surface area contributed by atoms with Crippen molar-refractivity contribution in [1.29, 1.82) is 0 Å². The van der Waals surface area contributed by atoms with Gasteiger partial charge in [0.2, 0.25) is 17.6 Å². The van der Waals surface area contributed by atoms with Crippen molar-refractivity contribution in [2.45, 2.75) is 121 Å². The molecule has 3 atom stereocenters. The Hall–Kier alpha value is -7.75. The number of nitrogens with zero attached hydrogens (tertiary/aromatic N) is 5. The van der Waals surface area contributed by atoms with Crippen LogP contribution in [0.25, 0.3) is 0 Å². The molecule has 0 aliphatic heterocycles. The summed E-state index contributed by atoms with van der Waals surface area (Å²) in [6.45, 7) is 6.72. The second-order valence-electron chi connectivity index (χ2n) is 22.1. The average Bonchev–Trinajstić information content (AvgIpc) is 2.79. The fourth-order valence-corrected chi connectivity index (χ4v) is 10.5. The molecule has 0 radical (unpaired) electrons. The lowest BCUT2D eigenvalue weighted by Crippen LogP contribution is -2.57. The van der Waals surface area contributed by atoms with E-state index >= 15 is 0 Å². The summed E-state index contributed by atoms with van der Waals surface area (Å²) in [5.74, 6) is 0.458. The van der Waals surface area contributed by atoms with Crippen LogP contribution in [-0.2, 0) is 62.4 Å². The molecule has 0 saturated heterocycles. The largest absolute Gasteiger partial charge is 0.497 e. The summed E-state index contributed by atoms with van der Waals surface area (Å²) in [6, 6.07) is 16.9. The van der Waals surface area contributed by atoms with Crippen molar-refractivity contribution in [3.63, 3.8) is 0 Å². The molecule has 26 nitrogen and oxygen atoms in total. The highest BCUT2D eigenvalue weighted by atomic mass is 16.6. The van der Waals surface area contributed by atoms with Gasteiger partial charge in [0, 0.05) is 43.0 Å². The zero-order valence-electron chi connectivity index (χ0n) is 51.7. The van der Waals surface area contributed by atoms with Crippen molar-refractivity contribution in [2.24, 2.45) is 11.8 Å². The van der Waals surface area contributed by atoms with Gasteiger partial charge in [-0.3, -0.25) is 24.0 Å². The van der Waals surface area contributed by atoms with Crippen LogP contribution in [0.2, 0.25) is 0 Å². The Bertz CT molecular complexity index is 2830. The van der Waals surface area contributed by atoms with Gasteiger partial charge >= 0.3 is 5.97 Å². The minimum atomic E-state index is -1.02. The second kappa shape index (κ2) is 40.8. The molecule has 0 bridgehead atoms. The fraction of sp³-hybridized carbons (Fsp3) is 0.578. The van der Waals surface area contributed by atoms with Crippen LogP contribution in [0.5, 0.6) is 17.2 Å². The predicted octanol–water partition coefficient (Wildman–Crippen LogP) is 6.00. The van der Waals surface area contributed by atoms with Crippen molar-refractivity contribution in [2.75, 3.05) is 111 Å². The van der Waals surface area contributed by atoms with Crippen LogP contribution in [-0.4, -0.2) is 184 Å². The third kappa shape index (κ3) is 26.8. The number of aliphatic carboxylic acids is 1. The van der Waals surface area contributed by atoms with E-state index in [1.807, 2.05) is 30.3 Å². The summed E-state index contributed by atoms with van der Waals surface area (Å²) in [5.41, 5.74) is 1.83. The van der Waals surface area contributed by atoms with Crippen molar-refractivity contribution < 1.29 is 76.2 Å². The quantitative estimate of drug-likeness (QED) is 0.0244. The molecule has 0 unspecified atom stereocenters. The van der Waals surface area contributed by atoms with Crippen LogP contribution in [0.3, 0.4) is 0 Å². The van der Waals surface area contributed by atoms with Crippen LogP contribution in [0.4, 0.5) is 5.82 Å². The lowest BCUT2D eigenvalue weighted by Gasteiger charge is -2.32. The molecular formula is C64H90N10O16. The summed E-state index contributed by atoms with van der Waals surface area (Å²) in [4.78, 5) is 69.6. The highest BCUT2D eigenvalue weighted by Gasteiger charge is 2.35. The molecule has 2 aliphatic rings. The van der Waals surface area contributed by atoms with Gasteiger partial charge in [-0.2, -0.15) is 0 Å². The summed E-state index contributed by atoms with van der Waals surface area (Å²) >= 11 is 0. The minimum Gasteiger partial charge on any atom is -0.497 e. The van der Waals surface area contributed by atoms with Crippen LogP contribution in [0.1, 0.15) is 116 Å². The number of ether oxygens (including phenoxy) is 9. The van der Waals surface area contributed by atoms with Gasteiger partial charge in [-0.25, -0.2) is 9.67 Å².